The highest BCUT2D eigenvalue weighted by atomic mass is 35.5. The third-order valence-electron chi connectivity index (χ3n) is 2.65. The zero-order valence-electron chi connectivity index (χ0n) is 10.4. The van der Waals surface area contributed by atoms with Gasteiger partial charge in [-0.3, -0.25) is 4.79 Å². The summed E-state index contributed by atoms with van der Waals surface area (Å²) in [6, 6.07) is 5.05. The van der Waals surface area contributed by atoms with Gasteiger partial charge in [0.25, 0.3) is 5.91 Å². The van der Waals surface area contributed by atoms with Crippen molar-refractivity contribution in [2.24, 2.45) is 0 Å². The second kappa shape index (κ2) is 5.55. The van der Waals surface area contributed by atoms with Crippen molar-refractivity contribution < 1.29 is 4.79 Å². The van der Waals surface area contributed by atoms with Crippen molar-refractivity contribution in [1.29, 1.82) is 0 Å². The Balaban J connectivity index is 2.34. The van der Waals surface area contributed by atoms with Gasteiger partial charge >= 0.3 is 0 Å². The van der Waals surface area contributed by atoms with Crippen molar-refractivity contribution in [2.75, 3.05) is 5.32 Å². The molecule has 0 saturated heterocycles. The highest BCUT2D eigenvalue weighted by Gasteiger charge is 2.15. The number of hydrogen-bond donors (Lipinski definition) is 1. The molecule has 1 aromatic carbocycles. The second-order valence-electron chi connectivity index (χ2n) is 3.97. The van der Waals surface area contributed by atoms with E-state index in [4.69, 9.17) is 23.2 Å². The Morgan fingerprint density at radius 1 is 1.16 bits per heavy atom. The lowest BCUT2D eigenvalue weighted by molar-refractivity contribution is 0.102. The molecule has 1 amide bonds. The fourth-order valence-corrected chi connectivity index (χ4v) is 2.05. The van der Waals surface area contributed by atoms with Gasteiger partial charge in [0.2, 0.25) is 0 Å². The van der Waals surface area contributed by atoms with Crippen molar-refractivity contribution in [2.45, 2.75) is 13.8 Å². The summed E-state index contributed by atoms with van der Waals surface area (Å²) in [7, 11) is 0. The van der Waals surface area contributed by atoms with E-state index in [2.05, 4.69) is 15.3 Å². The third-order valence-corrected chi connectivity index (χ3v) is 3.47. The maximum absolute atomic E-state index is 12.2. The molecule has 2 aromatic rings. The molecule has 0 atom stereocenters. The van der Waals surface area contributed by atoms with Crippen LogP contribution in [0.3, 0.4) is 0 Å². The Morgan fingerprint density at radius 2 is 1.79 bits per heavy atom. The molecule has 0 aliphatic carbocycles. The number of benzene rings is 1. The van der Waals surface area contributed by atoms with Gasteiger partial charge in [0, 0.05) is 0 Å². The van der Waals surface area contributed by atoms with Crippen molar-refractivity contribution in [3.8, 4) is 0 Å². The van der Waals surface area contributed by atoms with Gasteiger partial charge in [-0.1, -0.05) is 29.3 Å². The van der Waals surface area contributed by atoms with Gasteiger partial charge < -0.3 is 5.32 Å². The summed E-state index contributed by atoms with van der Waals surface area (Å²) in [5.74, 6) is -0.306. The number of anilines is 1. The number of rotatable bonds is 2. The number of aryl methyl sites for hydroxylation is 2. The van der Waals surface area contributed by atoms with Crippen LogP contribution in [0.4, 0.5) is 5.69 Å². The molecule has 0 bridgehead atoms. The molecule has 6 heteroatoms. The van der Waals surface area contributed by atoms with E-state index >= 15 is 0 Å². The van der Waals surface area contributed by atoms with Crippen LogP contribution in [0.25, 0.3) is 0 Å². The second-order valence-corrected chi connectivity index (χ2v) is 4.76. The molecule has 0 aliphatic rings. The van der Waals surface area contributed by atoms with Crippen molar-refractivity contribution in [3.05, 3.63) is 51.5 Å². The molecule has 0 aliphatic heterocycles. The average molecular weight is 296 g/mol. The Hall–Kier alpha value is -1.65. The molecule has 0 saturated carbocycles. The quantitative estimate of drug-likeness (QED) is 0.920. The Bertz CT molecular complexity index is 624. The van der Waals surface area contributed by atoms with Crippen LogP contribution in [0.2, 0.25) is 10.0 Å². The zero-order chi connectivity index (χ0) is 14.0. The van der Waals surface area contributed by atoms with Crippen LogP contribution in [0.5, 0.6) is 0 Å². The van der Waals surface area contributed by atoms with E-state index in [1.807, 2.05) is 0 Å². The molecular weight excluding hydrogens is 285 g/mol. The molecule has 0 spiro atoms. The highest BCUT2D eigenvalue weighted by molar-refractivity contribution is 6.44. The minimum Gasteiger partial charge on any atom is -0.320 e. The predicted molar refractivity (Wildman–Crippen MR) is 75.9 cm³/mol. The maximum atomic E-state index is 12.2. The summed E-state index contributed by atoms with van der Waals surface area (Å²) in [5.41, 5.74) is 2.13. The minimum absolute atomic E-state index is 0.306. The molecular formula is C13H11Cl2N3O. The summed E-state index contributed by atoms with van der Waals surface area (Å²) in [5, 5.41) is 3.41. The third kappa shape index (κ3) is 2.85. The highest BCUT2D eigenvalue weighted by Crippen LogP contribution is 2.30. The van der Waals surface area contributed by atoms with Gasteiger partial charge in [0.05, 0.1) is 32.7 Å². The monoisotopic (exact) mass is 295 g/mol. The first-order chi connectivity index (χ1) is 9.00. The fraction of sp³-hybridized carbons (Fsp3) is 0.154. The Kier molecular flexibility index (Phi) is 4.02. The SMILES string of the molecule is Cc1ncnc(C)c1C(=O)Nc1cccc(Cl)c1Cl. The Morgan fingerprint density at radius 3 is 2.42 bits per heavy atom. The van der Waals surface area contributed by atoms with Crippen molar-refractivity contribution >= 4 is 34.8 Å². The van der Waals surface area contributed by atoms with E-state index < -0.39 is 0 Å². The largest absolute Gasteiger partial charge is 0.320 e. The lowest BCUT2D eigenvalue weighted by atomic mass is 10.1. The number of halogens is 2. The van der Waals surface area contributed by atoms with Crippen LogP contribution in [-0.4, -0.2) is 15.9 Å². The predicted octanol–water partition coefficient (Wildman–Crippen LogP) is 3.65. The topological polar surface area (TPSA) is 54.9 Å². The van der Waals surface area contributed by atoms with Crippen molar-refractivity contribution in [1.82, 2.24) is 9.97 Å². The summed E-state index contributed by atoms with van der Waals surface area (Å²) in [4.78, 5) is 20.2. The van der Waals surface area contributed by atoms with Crippen LogP contribution in [0.15, 0.2) is 24.5 Å². The molecule has 19 heavy (non-hydrogen) atoms. The molecule has 4 nitrogen and oxygen atoms in total. The van der Waals surface area contributed by atoms with Gasteiger partial charge in [0.15, 0.2) is 0 Å². The number of aromatic nitrogens is 2. The van der Waals surface area contributed by atoms with E-state index in [0.717, 1.165) is 0 Å². The van der Waals surface area contributed by atoms with E-state index in [1.54, 1.807) is 32.0 Å². The van der Waals surface area contributed by atoms with Crippen LogP contribution >= 0.6 is 23.2 Å². The van der Waals surface area contributed by atoms with Gasteiger partial charge in [-0.15, -0.1) is 0 Å². The number of nitrogens with one attached hydrogen (secondary N) is 1. The first kappa shape index (κ1) is 13.8. The number of hydrogen-bond acceptors (Lipinski definition) is 3. The lowest BCUT2D eigenvalue weighted by Crippen LogP contribution is -2.16. The van der Waals surface area contributed by atoms with Gasteiger partial charge in [-0.2, -0.15) is 0 Å². The van der Waals surface area contributed by atoms with Crippen LogP contribution in [-0.2, 0) is 0 Å². The molecule has 98 valence electrons. The molecule has 0 fully saturated rings. The molecule has 0 radical (unpaired) electrons. The number of carbonyl (C=O) groups excluding carboxylic acids is 1. The van der Waals surface area contributed by atoms with Crippen LogP contribution < -0.4 is 5.32 Å². The molecule has 1 N–H and O–H groups in total. The number of amides is 1. The number of nitrogens with zero attached hydrogens (tertiary/aromatic N) is 2. The Labute approximate surface area is 120 Å². The standard InChI is InChI=1S/C13H11Cl2N3O/c1-7-11(8(2)17-6-16-7)13(19)18-10-5-3-4-9(14)12(10)15/h3-6H,1-2H3,(H,18,19). The van der Waals surface area contributed by atoms with E-state index in [1.165, 1.54) is 6.33 Å². The average Bonchev–Trinajstić information content (AvgIpc) is 2.35. The van der Waals surface area contributed by atoms with Crippen LogP contribution in [0.1, 0.15) is 21.7 Å². The minimum atomic E-state index is -0.306. The number of carbonyl (C=O) groups is 1. The van der Waals surface area contributed by atoms with E-state index in [0.29, 0.717) is 32.7 Å². The summed E-state index contributed by atoms with van der Waals surface area (Å²) in [6.45, 7) is 3.51. The molecule has 1 heterocycles. The van der Waals surface area contributed by atoms with Gasteiger partial charge in [-0.25, -0.2) is 9.97 Å². The zero-order valence-corrected chi connectivity index (χ0v) is 11.9. The summed E-state index contributed by atoms with van der Waals surface area (Å²) in [6.07, 6.45) is 1.42. The molecule has 0 unspecified atom stereocenters. The molecule has 2 rings (SSSR count). The van der Waals surface area contributed by atoms with Gasteiger partial charge in [0.1, 0.15) is 6.33 Å². The maximum Gasteiger partial charge on any atom is 0.259 e. The molecule has 1 aromatic heterocycles. The smallest absolute Gasteiger partial charge is 0.259 e. The van der Waals surface area contributed by atoms with E-state index in [-0.39, 0.29) is 5.91 Å². The summed E-state index contributed by atoms with van der Waals surface area (Å²) >= 11 is 11.9. The normalized spacial score (nSPS) is 10.3. The fourth-order valence-electron chi connectivity index (χ4n) is 1.71. The lowest BCUT2D eigenvalue weighted by Gasteiger charge is -2.10. The first-order valence-electron chi connectivity index (χ1n) is 5.54. The van der Waals surface area contributed by atoms with Crippen molar-refractivity contribution in [3.63, 3.8) is 0 Å². The first-order valence-corrected chi connectivity index (χ1v) is 6.30. The summed E-state index contributed by atoms with van der Waals surface area (Å²) < 4.78 is 0. The van der Waals surface area contributed by atoms with Gasteiger partial charge in [-0.05, 0) is 26.0 Å². The van der Waals surface area contributed by atoms with Crippen LogP contribution in [0, 0.1) is 13.8 Å². The van der Waals surface area contributed by atoms with E-state index in [9.17, 15) is 4.79 Å².